The van der Waals surface area contributed by atoms with E-state index < -0.39 is 103 Å². The van der Waals surface area contributed by atoms with E-state index >= 15 is 0 Å². The van der Waals surface area contributed by atoms with Gasteiger partial charge in [0.25, 0.3) is 0 Å². The minimum Gasteiger partial charge on any atom is -0.409 e. The van der Waals surface area contributed by atoms with E-state index in [4.69, 9.17) is 128 Å². The van der Waals surface area contributed by atoms with E-state index in [0.717, 1.165) is 0 Å². The normalized spacial score (nSPS) is 33.9. The Morgan fingerprint density at radius 3 is 0.229 bits per heavy atom. The van der Waals surface area contributed by atoms with Crippen molar-refractivity contribution in [3.05, 3.63) is 147 Å². The highest BCUT2D eigenvalue weighted by Crippen LogP contribution is 2.47. The second-order valence-corrected chi connectivity index (χ2v) is 71.7. The van der Waals surface area contributed by atoms with Crippen molar-refractivity contribution in [2.75, 3.05) is 0 Å². The number of rotatable bonds is 36. The average Bonchev–Trinajstić information content (AvgIpc) is 0.768. The van der Waals surface area contributed by atoms with E-state index in [2.05, 4.69) is 166 Å². The van der Waals surface area contributed by atoms with Crippen LogP contribution in [0.3, 0.4) is 0 Å². The maximum atomic E-state index is 8.21. The van der Waals surface area contributed by atoms with Gasteiger partial charge in [0.1, 0.15) is 0 Å². The Morgan fingerprint density at radius 2 is 0.198 bits per heavy atom. The van der Waals surface area contributed by atoms with Crippen LogP contribution in [0.2, 0.25) is 72.5 Å². The van der Waals surface area contributed by atoms with Crippen molar-refractivity contribution < 1.29 is 49.4 Å². The van der Waals surface area contributed by atoms with E-state index in [-0.39, 0.29) is 71.0 Å². The van der Waals surface area contributed by atoms with Crippen LogP contribution < -0.4 is 0 Å². The molecule has 12 nitrogen and oxygen atoms in total. The smallest absolute Gasteiger partial charge is 0.347 e. The molecule has 0 radical (unpaired) electrons. The van der Waals surface area contributed by atoms with Gasteiger partial charge in [-0.05, 0) is 144 Å². The zero-order valence-electron chi connectivity index (χ0n) is 65.7. The fourth-order valence-corrected chi connectivity index (χ4v) is 79.8. The molecule has 0 bridgehead atoms. The summed E-state index contributed by atoms with van der Waals surface area (Å²) in [4.78, 5) is 0. The number of hydrogen-bond acceptors (Lipinski definition) is 12. The lowest BCUT2D eigenvalue weighted by atomic mass is 10.3. The Hall–Kier alpha value is -0.997. The van der Waals surface area contributed by atoms with Crippen molar-refractivity contribution in [3.63, 3.8) is 0 Å². The lowest BCUT2D eigenvalue weighted by Gasteiger charge is -2.51. The molecule has 0 aromatic carbocycles. The van der Waals surface area contributed by atoms with Crippen molar-refractivity contribution in [1.29, 1.82) is 0 Å². The highest BCUT2D eigenvalue weighted by molar-refractivity contribution is 7.02. The lowest BCUT2D eigenvalue weighted by Crippen LogP contribution is -2.69. The van der Waals surface area contributed by atoms with Crippen molar-refractivity contribution in [1.82, 2.24) is 0 Å². The van der Waals surface area contributed by atoms with Gasteiger partial charge in [0.15, 0.2) is 0 Å². The molecule has 0 atom stereocenters. The Balaban J connectivity index is 5.74. The molecule has 1 aliphatic heterocycles. The van der Waals surface area contributed by atoms with Gasteiger partial charge in [0, 0.05) is 0 Å². The minimum absolute atomic E-state index is 0.0761. The molecule has 1 fully saturated rings. The second kappa shape index (κ2) is 39.8. The highest BCUT2D eigenvalue weighted by atomic mass is 28.5. The zero-order valence-corrected chi connectivity index (χ0v) is 77.7. The molecule has 1 heterocycles. The summed E-state index contributed by atoms with van der Waals surface area (Å²) in [5.74, 6) is 0.913. The van der Waals surface area contributed by atoms with Crippen LogP contribution in [0.4, 0.5) is 0 Å². The molecule has 0 amide bonds. The first-order valence-corrected chi connectivity index (χ1v) is 61.5. The van der Waals surface area contributed by atoms with E-state index in [1.165, 1.54) is 0 Å². The number of hydrogen-bond donors (Lipinski definition) is 0. The third kappa shape index (κ3) is 28.2. The molecule has 0 aliphatic carbocycles. The first kappa shape index (κ1) is 93.0. The molecule has 1 saturated heterocycles. The molecule has 1 rings (SSSR count). The molecular formula is C72H144O12Si12. The predicted molar refractivity (Wildman–Crippen MR) is 440 cm³/mol. The summed E-state index contributed by atoms with van der Waals surface area (Å²) in [5, 5.41) is 0. The third-order valence-corrected chi connectivity index (χ3v) is 73.5. The molecular weight excluding hydrogens is 1390 g/mol. The van der Waals surface area contributed by atoms with Gasteiger partial charge in [-0.1, -0.05) is 235 Å². The van der Waals surface area contributed by atoms with E-state index in [1.807, 2.05) is 68.4 Å². The fraction of sp³-hybridized carbons (Fsp3) is 0.667. The lowest BCUT2D eigenvalue weighted by molar-refractivity contribution is 0.230. The highest BCUT2D eigenvalue weighted by Gasteiger charge is 2.64. The molecule has 0 unspecified atom stereocenters. The summed E-state index contributed by atoms with van der Waals surface area (Å²) in [6.07, 6.45) is 0. The van der Waals surface area contributed by atoms with Gasteiger partial charge in [-0.3, -0.25) is 0 Å². The van der Waals surface area contributed by atoms with Crippen molar-refractivity contribution in [3.8, 4) is 0 Å². The molecule has 0 spiro atoms. The summed E-state index contributed by atoms with van der Waals surface area (Å²) >= 11 is 0. The van der Waals surface area contributed by atoms with E-state index in [9.17, 15) is 0 Å². The Kier molecular flexibility index (Phi) is 38.5. The van der Waals surface area contributed by atoms with Gasteiger partial charge >= 0.3 is 103 Å². The molecule has 0 aromatic heterocycles. The first-order chi connectivity index (χ1) is 44.2. The predicted octanol–water partition coefficient (Wildman–Crippen LogP) is 22.1. The standard InChI is InChI=1S/C72H144O12Si12/c1-37-85(49-61(13)14)73-86(38-2,50-62(15)16)75-88(40-4,52-64(19)20)77-90(42-6,54-66(23)24)79-92(44-8,56-68(27)28)81-94(46-10,58-70(31)32)83-96(48-12,60-72(35)36)84-95(47-11,59-71(33)34)82-93(45-9,57-69(29)30)80-91(43-7,55-67(25)26)78-89(41-5,53-65(21)22)76-87(39-3,74-85)51-63(17)18/h37-48,61-72H,1-12,49-60H2,13-36H3. The van der Waals surface area contributed by atoms with Crippen molar-refractivity contribution >= 4 is 103 Å². The summed E-state index contributed by atoms with van der Waals surface area (Å²) in [5.41, 5.74) is 23.4. The Morgan fingerprint density at radius 1 is 0.146 bits per heavy atom. The largest absolute Gasteiger partial charge is 0.409 e. The maximum absolute atomic E-state index is 8.21. The molecule has 1 aliphatic rings. The van der Waals surface area contributed by atoms with Crippen molar-refractivity contribution in [2.24, 2.45) is 71.0 Å². The Labute approximate surface area is 604 Å². The summed E-state index contributed by atoms with van der Waals surface area (Å²) in [6.45, 7) is 109. The van der Waals surface area contributed by atoms with Gasteiger partial charge in [0.05, 0.1) is 0 Å². The van der Waals surface area contributed by atoms with Gasteiger partial charge in [-0.2, -0.15) is 0 Å². The van der Waals surface area contributed by atoms with E-state index in [1.54, 1.807) is 0 Å². The quantitative estimate of drug-likeness (QED) is 0.0557. The monoisotopic (exact) mass is 1540 g/mol. The van der Waals surface area contributed by atoms with E-state index in [0.29, 0.717) is 72.5 Å². The molecule has 0 aromatic rings. The van der Waals surface area contributed by atoms with Crippen LogP contribution in [0.25, 0.3) is 0 Å². The molecule has 0 N–H and O–H groups in total. The van der Waals surface area contributed by atoms with Crippen LogP contribution in [0.1, 0.15) is 166 Å². The maximum Gasteiger partial charge on any atom is 0.347 e. The minimum atomic E-state index is -3.82. The molecule has 552 valence electrons. The summed E-state index contributed by atoms with van der Waals surface area (Å²) < 4.78 is 98.5. The topological polar surface area (TPSA) is 111 Å². The van der Waals surface area contributed by atoms with Gasteiger partial charge < -0.3 is 49.4 Å². The van der Waals surface area contributed by atoms with Gasteiger partial charge in [-0.15, -0.1) is 78.9 Å². The van der Waals surface area contributed by atoms with Crippen LogP contribution in [-0.2, 0) is 49.4 Å². The molecule has 24 heteroatoms. The third-order valence-electron chi connectivity index (χ3n) is 16.2. The van der Waals surface area contributed by atoms with Crippen LogP contribution in [0.5, 0.6) is 0 Å². The zero-order chi connectivity index (χ0) is 74.4. The molecule has 0 saturated carbocycles. The average molecular weight is 1540 g/mol. The summed E-state index contributed by atoms with van der Waals surface area (Å²) in [6, 6.07) is 6.21. The first-order valence-electron chi connectivity index (χ1n) is 36.3. The SMILES string of the molecule is C=C[Si]1(CC(C)C)O[Si](C=C)(CC(C)C)O[Si](C=C)(CC(C)C)O[Si](C=C)(CC(C)C)O[Si](C=C)(CC(C)C)O[Si](C=C)(CC(C)C)O[Si](C=C)(CC(C)C)O[Si](C=C)(CC(C)C)O[Si](C=C)(CC(C)C)O[Si](C=C)(CC(C)C)O[Si](C=C)(CC(C)C)O[Si](C=C)(CC(C)C)O1. The van der Waals surface area contributed by atoms with Crippen LogP contribution in [0.15, 0.2) is 147 Å². The second-order valence-electron chi connectivity index (χ2n) is 32.6. The van der Waals surface area contributed by atoms with Gasteiger partial charge in [-0.25, -0.2) is 0 Å². The van der Waals surface area contributed by atoms with Crippen LogP contribution >= 0.6 is 0 Å². The Bertz CT molecular complexity index is 1890. The summed E-state index contributed by atoms with van der Waals surface area (Å²) in [7, 11) is -45.9. The van der Waals surface area contributed by atoms with Crippen LogP contribution in [0, 0.1) is 71.0 Å². The fourth-order valence-electron chi connectivity index (χ4n) is 13.6. The van der Waals surface area contributed by atoms with Crippen molar-refractivity contribution in [2.45, 2.75) is 239 Å². The molecule has 96 heavy (non-hydrogen) atoms. The van der Waals surface area contributed by atoms with Crippen LogP contribution in [-0.4, -0.2) is 103 Å². The van der Waals surface area contributed by atoms with Gasteiger partial charge in [0.2, 0.25) is 0 Å².